The van der Waals surface area contributed by atoms with Gasteiger partial charge in [0.15, 0.2) is 0 Å². The third-order valence-electron chi connectivity index (χ3n) is 1.75. The number of nitrogens with two attached hydrogens (primary N) is 1. The number of aromatic nitrogens is 4. The fraction of sp³-hybridized carbons (Fsp3) is 0.429. The molecule has 2 aromatic rings. The molecule has 0 aliphatic rings. The van der Waals surface area contributed by atoms with Crippen LogP contribution < -0.4 is 11.3 Å². The smallest absolute Gasteiger partial charge is 0.296 e. The molecule has 74 valence electrons. The van der Waals surface area contributed by atoms with Crippen LogP contribution in [0.25, 0.3) is 4.96 Å². The molecule has 1 unspecified atom stereocenters. The molecule has 2 rings (SSSR count). The van der Waals surface area contributed by atoms with Crippen molar-refractivity contribution >= 4 is 16.3 Å². The molecule has 0 aliphatic carbocycles. The molecule has 2 N–H and O–H groups in total. The molecule has 0 saturated heterocycles. The predicted octanol–water partition coefficient (Wildman–Crippen LogP) is -0.126. The van der Waals surface area contributed by atoms with Crippen LogP contribution >= 0.6 is 11.3 Å². The number of hydrogen-bond donors (Lipinski definition) is 1. The van der Waals surface area contributed by atoms with E-state index in [1.807, 2.05) is 6.92 Å². The highest BCUT2D eigenvalue weighted by atomic mass is 32.1. The lowest BCUT2D eigenvalue weighted by Gasteiger charge is -1.94. The second kappa shape index (κ2) is 3.10. The number of fused-ring (bicyclic) bond motifs is 1. The molecule has 7 heteroatoms. The van der Waals surface area contributed by atoms with Gasteiger partial charge in [-0.05, 0) is 13.8 Å². The Labute approximate surface area is 83.4 Å². The highest BCUT2D eigenvalue weighted by Gasteiger charge is 2.11. The van der Waals surface area contributed by atoms with E-state index in [0.29, 0.717) is 15.7 Å². The minimum atomic E-state index is -0.238. The summed E-state index contributed by atoms with van der Waals surface area (Å²) in [5.41, 5.74) is 5.75. The summed E-state index contributed by atoms with van der Waals surface area (Å²) in [5, 5.41) is 12.3. The third kappa shape index (κ3) is 1.30. The predicted molar refractivity (Wildman–Crippen MR) is 52.3 cm³/mol. The molecule has 2 aromatic heterocycles. The van der Waals surface area contributed by atoms with Crippen LogP contribution in [0.4, 0.5) is 0 Å². The van der Waals surface area contributed by atoms with E-state index in [1.54, 1.807) is 6.92 Å². The summed E-state index contributed by atoms with van der Waals surface area (Å²) in [6, 6.07) is -0.193. The van der Waals surface area contributed by atoms with Crippen molar-refractivity contribution < 1.29 is 0 Å². The van der Waals surface area contributed by atoms with Crippen LogP contribution in [0.5, 0.6) is 0 Å². The van der Waals surface area contributed by atoms with E-state index in [1.165, 1.54) is 15.9 Å². The van der Waals surface area contributed by atoms with E-state index < -0.39 is 0 Å². The minimum Gasteiger partial charge on any atom is -0.322 e. The van der Waals surface area contributed by atoms with Crippen molar-refractivity contribution in [3.8, 4) is 0 Å². The lowest BCUT2D eigenvalue weighted by atomic mass is 10.4. The molecule has 0 fully saturated rings. The lowest BCUT2D eigenvalue weighted by Crippen LogP contribution is -2.19. The lowest BCUT2D eigenvalue weighted by molar-refractivity contribution is 0.744. The van der Waals surface area contributed by atoms with Gasteiger partial charge in [-0.3, -0.25) is 4.79 Å². The van der Waals surface area contributed by atoms with Crippen LogP contribution in [0.3, 0.4) is 0 Å². The summed E-state index contributed by atoms with van der Waals surface area (Å²) in [7, 11) is 0. The van der Waals surface area contributed by atoms with Crippen LogP contribution in [0.15, 0.2) is 4.79 Å². The highest BCUT2D eigenvalue weighted by molar-refractivity contribution is 7.16. The van der Waals surface area contributed by atoms with Crippen molar-refractivity contribution in [3.63, 3.8) is 0 Å². The molecule has 14 heavy (non-hydrogen) atoms. The summed E-state index contributed by atoms with van der Waals surface area (Å²) >= 11 is 1.28. The van der Waals surface area contributed by atoms with Crippen LogP contribution in [-0.2, 0) is 0 Å². The average Bonchev–Trinajstić information content (AvgIpc) is 2.56. The summed E-state index contributed by atoms with van der Waals surface area (Å²) in [6.45, 7) is 3.41. The summed E-state index contributed by atoms with van der Waals surface area (Å²) in [5.74, 6) is 0. The standard InChI is InChI=1S/C7H9N5OS/c1-3(8)5-11-12-6(13)4(2)9-10-7(12)14-5/h3H,8H2,1-2H3. The number of aryl methyl sites for hydroxylation is 1. The van der Waals surface area contributed by atoms with Gasteiger partial charge in [-0.2, -0.15) is 9.61 Å². The maximum absolute atomic E-state index is 11.5. The molecule has 6 nitrogen and oxygen atoms in total. The Balaban J connectivity index is 2.78. The minimum absolute atomic E-state index is 0.193. The zero-order valence-corrected chi connectivity index (χ0v) is 8.58. The van der Waals surface area contributed by atoms with Crippen molar-refractivity contribution in [1.29, 1.82) is 0 Å². The largest absolute Gasteiger partial charge is 0.322 e. The van der Waals surface area contributed by atoms with Crippen molar-refractivity contribution in [1.82, 2.24) is 19.8 Å². The normalized spacial score (nSPS) is 13.4. The van der Waals surface area contributed by atoms with E-state index in [9.17, 15) is 4.79 Å². The van der Waals surface area contributed by atoms with Crippen molar-refractivity contribution in [2.45, 2.75) is 19.9 Å². The van der Waals surface area contributed by atoms with Crippen LogP contribution in [0.1, 0.15) is 23.7 Å². The van der Waals surface area contributed by atoms with E-state index in [2.05, 4.69) is 15.3 Å². The van der Waals surface area contributed by atoms with Crippen molar-refractivity contribution in [3.05, 3.63) is 21.1 Å². The van der Waals surface area contributed by atoms with E-state index in [0.717, 1.165) is 0 Å². The molecule has 0 aromatic carbocycles. The van der Waals surface area contributed by atoms with Crippen molar-refractivity contribution in [2.75, 3.05) is 0 Å². The summed E-state index contributed by atoms with van der Waals surface area (Å²) < 4.78 is 1.24. The Hall–Kier alpha value is -1.34. The topological polar surface area (TPSA) is 86.2 Å². The van der Waals surface area contributed by atoms with Gasteiger partial charge in [-0.1, -0.05) is 11.3 Å². The third-order valence-corrected chi connectivity index (χ3v) is 2.85. The second-order valence-corrected chi connectivity index (χ2v) is 4.00. The molecule has 0 amide bonds. The first kappa shape index (κ1) is 9.22. The van der Waals surface area contributed by atoms with Gasteiger partial charge >= 0.3 is 0 Å². The maximum atomic E-state index is 11.5. The van der Waals surface area contributed by atoms with Gasteiger partial charge < -0.3 is 5.73 Å². The molecule has 0 radical (unpaired) electrons. The Morgan fingerprint density at radius 2 is 2.21 bits per heavy atom. The monoisotopic (exact) mass is 211 g/mol. The Kier molecular flexibility index (Phi) is 2.05. The average molecular weight is 211 g/mol. The van der Waals surface area contributed by atoms with E-state index in [-0.39, 0.29) is 11.6 Å². The molecule has 0 saturated carbocycles. The van der Waals surface area contributed by atoms with Gasteiger partial charge in [-0.15, -0.1) is 10.2 Å². The van der Waals surface area contributed by atoms with Gasteiger partial charge in [0.2, 0.25) is 4.96 Å². The Morgan fingerprint density at radius 1 is 1.50 bits per heavy atom. The number of hydrogen-bond acceptors (Lipinski definition) is 6. The molecular weight excluding hydrogens is 202 g/mol. The number of nitrogens with zero attached hydrogens (tertiary/aromatic N) is 4. The molecular formula is C7H9N5OS. The van der Waals surface area contributed by atoms with Gasteiger partial charge in [0.05, 0.1) is 6.04 Å². The molecule has 0 aliphatic heterocycles. The first-order valence-corrected chi connectivity index (χ1v) is 4.90. The Morgan fingerprint density at radius 3 is 2.86 bits per heavy atom. The molecule has 1 atom stereocenters. The summed E-state index contributed by atoms with van der Waals surface area (Å²) in [4.78, 5) is 12.0. The quantitative estimate of drug-likeness (QED) is 0.710. The highest BCUT2D eigenvalue weighted by Crippen LogP contribution is 2.15. The second-order valence-electron chi connectivity index (χ2n) is 3.01. The van der Waals surface area contributed by atoms with E-state index >= 15 is 0 Å². The SMILES string of the molecule is Cc1nnc2sc(C(C)N)nn2c1=O. The van der Waals surface area contributed by atoms with Gasteiger partial charge in [0.1, 0.15) is 10.7 Å². The Bertz CT molecular complexity index is 528. The van der Waals surface area contributed by atoms with Crippen LogP contribution in [0, 0.1) is 6.92 Å². The molecule has 0 bridgehead atoms. The zero-order valence-electron chi connectivity index (χ0n) is 7.76. The summed E-state index contributed by atoms with van der Waals surface area (Å²) in [6.07, 6.45) is 0. The zero-order chi connectivity index (χ0) is 10.3. The van der Waals surface area contributed by atoms with Gasteiger partial charge in [0, 0.05) is 0 Å². The fourth-order valence-electron chi connectivity index (χ4n) is 0.991. The first-order valence-electron chi connectivity index (χ1n) is 4.08. The van der Waals surface area contributed by atoms with E-state index in [4.69, 9.17) is 5.73 Å². The van der Waals surface area contributed by atoms with Gasteiger partial charge in [-0.25, -0.2) is 0 Å². The first-order chi connectivity index (χ1) is 6.59. The molecule has 2 heterocycles. The van der Waals surface area contributed by atoms with Crippen LogP contribution in [-0.4, -0.2) is 19.8 Å². The molecule has 0 spiro atoms. The fourth-order valence-corrected chi connectivity index (χ4v) is 1.78. The van der Waals surface area contributed by atoms with Crippen LogP contribution in [0.2, 0.25) is 0 Å². The van der Waals surface area contributed by atoms with Gasteiger partial charge in [0.25, 0.3) is 5.56 Å². The number of rotatable bonds is 1. The van der Waals surface area contributed by atoms with Crippen molar-refractivity contribution in [2.24, 2.45) is 5.73 Å². The maximum Gasteiger partial charge on any atom is 0.296 e.